The van der Waals surface area contributed by atoms with Gasteiger partial charge in [-0.15, -0.1) is 5.10 Å². The standard InChI is InChI=1S/C15H18N4O3S/c1-3-10-5-7-11(8-6-10)13-17-14(19-18-13)23-9-12(20)16-15(21)22-4-2/h5-8H,3-4,9H2,1-2H3,(H,16,20,21)(H,17,18,19). The zero-order valence-electron chi connectivity index (χ0n) is 13.0. The first-order valence-corrected chi connectivity index (χ1v) is 8.22. The number of ether oxygens (including phenoxy) is 1. The van der Waals surface area contributed by atoms with Gasteiger partial charge in [0.2, 0.25) is 11.1 Å². The molecular formula is C15H18N4O3S. The summed E-state index contributed by atoms with van der Waals surface area (Å²) in [5.41, 5.74) is 2.18. The van der Waals surface area contributed by atoms with E-state index in [1.54, 1.807) is 6.92 Å². The van der Waals surface area contributed by atoms with Crippen LogP contribution in [0, 0.1) is 0 Å². The van der Waals surface area contributed by atoms with Gasteiger partial charge in [-0.3, -0.25) is 15.2 Å². The van der Waals surface area contributed by atoms with Crippen LogP contribution in [-0.4, -0.2) is 39.5 Å². The van der Waals surface area contributed by atoms with Crippen molar-refractivity contribution >= 4 is 23.8 Å². The highest BCUT2D eigenvalue weighted by Gasteiger charge is 2.11. The van der Waals surface area contributed by atoms with Crippen molar-refractivity contribution in [2.45, 2.75) is 25.4 Å². The lowest BCUT2D eigenvalue weighted by molar-refractivity contribution is -0.117. The fourth-order valence-electron chi connectivity index (χ4n) is 1.79. The number of amides is 2. The van der Waals surface area contributed by atoms with Gasteiger partial charge in [0, 0.05) is 5.56 Å². The van der Waals surface area contributed by atoms with Crippen molar-refractivity contribution in [1.82, 2.24) is 20.5 Å². The summed E-state index contributed by atoms with van der Waals surface area (Å²) in [7, 11) is 0. The maximum atomic E-state index is 11.6. The molecule has 0 atom stereocenters. The second kappa shape index (κ2) is 8.33. The third-order valence-electron chi connectivity index (χ3n) is 2.95. The highest BCUT2D eigenvalue weighted by Crippen LogP contribution is 2.19. The van der Waals surface area contributed by atoms with Gasteiger partial charge in [-0.05, 0) is 18.9 Å². The minimum absolute atomic E-state index is 0.0326. The Labute approximate surface area is 138 Å². The molecule has 1 aromatic carbocycles. The van der Waals surface area contributed by atoms with Crippen LogP contribution in [0.4, 0.5) is 4.79 Å². The Morgan fingerprint density at radius 3 is 2.65 bits per heavy atom. The molecule has 8 heteroatoms. The molecule has 1 aromatic heterocycles. The minimum Gasteiger partial charge on any atom is -0.450 e. The Bertz CT molecular complexity index is 670. The van der Waals surface area contributed by atoms with Gasteiger partial charge in [0.25, 0.3) is 0 Å². The molecule has 0 spiro atoms. The van der Waals surface area contributed by atoms with Gasteiger partial charge >= 0.3 is 6.09 Å². The Morgan fingerprint density at radius 2 is 2.00 bits per heavy atom. The molecule has 0 aliphatic heterocycles. The van der Waals surface area contributed by atoms with Crippen molar-refractivity contribution in [3.8, 4) is 11.4 Å². The van der Waals surface area contributed by atoms with Gasteiger partial charge in [0.05, 0.1) is 12.4 Å². The zero-order valence-corrected chi connectivity index (χ0v) is 13.8. The first-order valence-electron chi connectivity index (χ1n) is 7.23. The SMILES string of the molecule is CCOC(=O)NC(=O)CSc1n[nH]c(-c2ccc(CC)cc2)n1. The molecule has 2 aromatic rings. The van der Waals surface area contributed by atoms with E-state index in [1.165, 1.54) is 5.56 Å². The predicted molar refractivity (Wildman–Crippen MR) is 87.1 cm³/mol. The quantitative estimate of drug-likeness (QED) is 0.787. The number of carbonyl (C=O) groups is 2. The monoisotopic (exact) mass is 334 g/mol. The Balaban J connectivity index is 1.89. The van der Waals surface area contributed by atoms with Gasteiger partial charge in [0.15, 0.2) is 5.82 Å². The van der Waals surface area contributed by atoms with E-state index >= 15 is 0 Å². The molecule has 122 valence electrons. The minimum atomic E-state index is -0.746. The molecule has 0 saturated carbocycles. The van der Waals surface area contributed by atoms with Crippen molar-refractivity contribution in [2.75, 3.05) is 12.4 Å². The molecule has 2 rings (SSSR count). The number of nitrogens with one attached hydrogen (secondary N) is 2. The van der Waals surface area contributed by atoms with Crippen molar-refractivity contribution < 1.29 is 14.3 Å². The lowest BCUT2D eigenvalue weighted by atomic mass is 10.1. The average Bonchev–Trinajstić information content (AvgIpc) is 3.02. The van der Waals surface area contributed by atoms with E-state index in [4.69, 9.17) is 0 Å². The Morgan fingerprint density at radius 1 is 1.26 bits per heavy atom. The van der Waals surface area contributed by atoms with Crippen LogP contribution in [0.15, 0.2) is 29.4 Å². The number of thioether (sulfide) groups is 1. The van der Waals surface area contributed by atoms with Gasteiger partial charge in [-0.25, -0.2) is 9.78 Å². The smallest absolute Gasteiger partial charge is 0.413 e. The van der Waals surface area contributed by atoms with E-state index in [1.807, 2.05) is 24.3 Å². The van der Waals surface area contributed by atoms with Crippen LogP contribution < -0.4 is 5.32 Å². The fourth-order valence-corrected chi connectivity index (χ4v) is 2.38. The number of imide groups is 1. The molecule has 0 aliphatic carbocycles. The molecule has 2 amide bonds. The molecule has 0 radical (unpaired) electrons. The summed E-state index contributed by atoms with van der Waals surface area (Å²) >= 11 is 1.14. The van der Waals surface area contributed by atoms with Gasteiger partial charge < -0.3 is 4.74 Å². The Hall–Kier alpha value is -2.35. The van der Waals surface area contributed by atoms with E-state index in [2.05, 4.69) is 32.2 Å². The van der Waals surface area contributed by atoms with Crippen LogP contribution in [0.3, 0.4) is 0 Å². The Kier molecular flexibility index (Phi) is 6.16. The van der Waals surface area contributed by atoms with Gasteiger partial charge in [-0.2, -0.15) is 0 Å². The van der Waals surface area contributed by atoms with E-state index in [0.717, 1.165) is 23.7 Å². The number of rotatable bonds is 6. The molecule has 23 heavy (non-hydrogen) atoms. The van der Waals surface area contributed by atoms with Crippen molar-refractivity contribution in [3.05, 3.63) is 29.8 Å². The molecule has 2 N–H and O–H groups in total. The van der Waals surface area contributed by atoms with Crippen molar-refractivity contribution in [1.29, 1.82) is 0 Å². The van der Waals surface area contributed by atoms with Crippen LogP contribution in [0.5, 0.6) is 0 Å². The number of alkyl carbamates (subject to hydrolysis) is 1. The van der Waals surface area contributed by atoms with Crippen LogP contribution in [0.1, 0.15) is 19.4 Å². The zero-order chi connectivity index (χ0) is 16.7. The molecular weight excluding hydrogens is 316 g/mol. The van der Waals surface area contributed by atoms with Crippen LogP contribution in [-0.2, 0) is 16.0 Å². The lowest BCUT2D eigenvalue weighted by Crippen LogP contribution is -2.32. The normalized spacial score (nSPS) is 10.3. The number of H-pyrrole nitrogens is 1. The largest absolute Gasteiger partial charge is 0.450 e. The first kappa shape index (κ1) is 17.0. The highest BCUT2D eigenvalue weighted by atomic mass is 32.2. The average molecular weight is 334 g/mol. The summed E-state index contributed by atoms with van der Waals surface area (Å²) in [4.78, 5) is 27.0. The van der Waals surface area contributed by atoms with Gasteiger partial charge in [-0.1, -0.05) is 43.0 Å². The maximum absolute atomic E-state index is 11.6. The third kappa shape index (κ3) is 5.10. The number of carbonyl (C=O) groups excluding carboxylic acids is 2. The van der Waals surface area contributed by atoms with E-state index in [9.17, 15) is 9.59 Å². The molecule has 7 nitrogen and oxygen atoms in total. The lowest BCUT2D eigenvalue weighted by Gasteiger charge is -2.02. The van der Waals surface area contributed by atoms with Crippen molar-refractivity contribution in [2.24, 2.45) is 0 Å². The molecule has 0 unspecified atom stereocenters. The number of nitrogens with zero attached hydrogens (tertiary/aromatic N) is 2. The maximum Gasteiger partial charge on any atom is 0.413 e. The number of aromatic amines is 1. The third-order valence-corrected chi connectivity index (χ3v) is 3.80. The summed E-state index contributed by atoms with van der Waals surface area (Å²) in [6, 6.07) is 8.03. The van der Waals surface area contributed by atoms with Crippen LogP contribution in [0.25, 0.3) is 11.4 Å². The first-order chi connectivity index (χ1) is 11.1. The number of aromatic nitrogens is 3. The summed E-state index contributed by atoms with van der Waals surface area (Å²) in [6.45, 7) is 3.98. The molecule has 1 heterocycles. The van der Waals surface area contributed by atoms with Crippen LogP contribution >= 0.6 is 11.8 Å². The second-order valence-corrected chi connectivity index (χ2v) is 5.52. The number of hydrogen-bond donors (Lipinski definition) is 2. The van der Waals surface area contributed by atoms with E-state index in [-0.39, 0.29) is 12.4 Å². The van der Waals surface area contributed by atoms with Crippen molar-refractivity contribution in [3.63, 3.8) is 0 Å². The topological polar surface area (TPSA) is 97.0 Å². The second-order valence-electron chi connectivity index (χ2n) is 4.57. The number of aryl methyl sites for hydroxylation is 1. The highest BCUT2D eigenvalue weighted by molar-refractivity contribution is 7.99. The number of hydrogen-bond acceptors (Lipinski definition) is 6. The molecule has 0 aliphatic rings. The fraction of sp³-hybridized carbons (Fsp3) is 0.333. The number of benzene rings is 1. The summed E-state index contributed by atoms with van der Waals surface area (Å²) in [5.74, 6) is 0.221. The summed E-state index contributed by atoms with van der Waals surface area (Å²) in [5, 5.41) is 9.45. The van der Waals surface area contributed by atoms with Gasteiger partial charge in [0.1, 0.15) is 0 Å². The summed E-state index contributed by atoms with van der Waals surface area (Å²) < 4.78 is 4.63. The van der Waals surface area contributed by atoms with Crippen LogP contribution in [0.2, 0.25) is 0 Å². The molecule has 0 fully saturated rings. The van der Waals surface area contributed by atoms with E-state index < -0.39 is 12.0 Å². The molecule has 0 saturated heterocycles. The predicted octanol–water partition coefficient (Wildman–Crippen LogP) is 2.40. The summed E-state index contributed by atoms with van der Waals surface area (Å²) in [6.07, 6.45) is 0.234. The molecule has 0 bridgehead atoms. The van der Waals surface area contributed by atoms with E-state index in [0.29, 0.717) is 11.0 Å².